The highest BCUT2D eigenvalue weighted by molar-refractivity contribution is 6.03. The van der Waals surface area contributed by atoms with Crippen LogP contribution in [0.2, 0.25) is 0 Å². The summed E-state index contributed by atoms with van der Waals surface area (Å²) in [6.45, 7) is 0. The Labute approximate surface area is 144 Å². The van der Waals surface area contributed by atoms with Gasteiger partial charge in [0.1, 0.15) is 5.82 Å². The summed E-state index contributed by atoms with van der Waals surface area (Å²) < 4.78 is 14.1. The Morgan fingerprint density at radius 2 is 1.76 bits per heavy atom. The van der Waals surface area contributed by atoms with Crippen molar-refractivity contribution in [3.63, 3.8) is 0 Å². The van der Waals surface area contributed by atoms with Gasteiger partial charge < -0.3 is 5.11 Å². The lowest BCUT2D eigenvalue weighted by atomic mass is 9.98. The van der Waals surface area contributed by atoms with E-state index in [9.17, 15) is 14.0 Å². The van der Waals surface area contributed by atoms with Gasteiger partial charge in [-0.2, -0.15) is 5.10 Å². The van der Waals surface area contributed by atoms with Crippen LogP contribution >= 0.6 is 0 Å². The third kappa shape index (κ3) is 3.74. The monoisotopic (exact) mass is 340 g/mol. The summed E-state index contributed by atoms with van der Waals surface area (Å²) in [5, 5.41) is 14.4. The Bertz CT molecular complexity index is 820. The minimum Gasteiger partial charge on any atom is -0.481 e. The molecule has 2 aromatic rings. The molecule has 25 heavy (non-hydrogen) atoms. The van der Waals surface area contributed by atoms with Crippen LogP contribution in [0.4, 0.5) is 4.39 Å². The Hall–Kier alpha value is -3.02. The van der Waals surface area contributed by atoms with E-state index < -0.39 is 11.8 Å². The second-order valence-electron chi connectivity index (χ2n) is 5.79. The maximum Gasteiger partial charge on any atom is 0.303 e. The van der Waals surface area contributed by atoms with Crippen molar-refractivity contribution in [2.75, 3.05) is 0 Å². The highest BCUT2D eigenvalue weighted by Crippen LogP contribution is 2.33. The van der Waals surface area contributed by atoms with Crippen LogP contribution in [0.15, 0.2) is 59.7 Å². The molecule has 1 heterocycles. The van der Waals surface area contributed by atoms with Crippen LogP contribution in [-0.4, -0.2) is 27.7 Å². The first-order valence-corrected chi connectivity index (χ1v) is 7.97. The summed E-state index contributed by atoms with van der Waals surface area (Å²) in [4.78, 5) is 23.2. The Balaban J connectivity index is 1.92. The van der Waals surface area contributed by atoms with Gasteiger partial charge in [-0.25, -0.2) is 9.40 Å². The average molecular weight is 340 g/mol. The number of rotatable bonds is 5. The van der Waals surface area contributed by atoms with Crippen LogP contribution in [0, 0.1) is 5.82 Å². The summed E-state index contributed by atoms with van der Waals surface area (Å²) in [6, 6.07) is 15.3. The summed E-state index contributed by atoms with van der Waals surface area (Å²) >= 11 is 0. The molecule has 1 amide bonds. The summed E-state index contributed by atoms with van der Waals surface area (Å²) in [7, 11) is 0. The van der Waals surface area contributed by atoms with Crippen LogP contribution in [0.5, 0.6) is 0 Å². The van der Waals surface area contributed by atoms with E-state index in [4.69, 9.17) is 5.11 Å². The first kappa shape index (κ1) is 16.8. The lowest BCUT2D eigenvalue weighted by molar-refractivity contribution is -0.141. The molecule has 128 valence electrons. The molecule has 1 N–H and O–H groups in total. The number of halogens is 1. The van der Waals surface area contributed by atoms with Gasteiger partial charge in [-0.3, -0.25) is 9.59 Å². The predicted octanol–water partition coefficient (Wildman–Crippen LogP) is 3.37. The Morgan fingerprint density at radius 1 is 1.08 bits per heavy atom. The zero-order chi connectivity index (χ0) is 17.8. The van der Waals surface area contributed by atoms with Crippen molar-refractivity contribution in [1.82, 2.24) is 5.01 Å². The van der Waals surface area contributed by atoms with Gasteiger partial charge in [-0.1, -0.05) is 48.5 Å². The van der Waals surface area contributed by atoms with Gasteiger partial charge in [-0.05, 0) is 11.6 Å². The molecule has 2 aromatic carbocycles. The van der Waals surface area contributed by atoms with E-state index in [1.807, 2.05) is 30.3 Å². The molecule has 1 aliphatic heterocycles. The molecule has 6 heteroatoms. The number of carbonyl (C=O) groups excluding carboxylic acids is 1. The fourth-order valence-electron chi connectivity index (χ4n) is 2.86. The molecule has 0 radical (unpaired) electrons. The topological polar surface area (TPSA) is 70.0 Å². The maximum absolute atomic E-state index is 14.1. The molecule has 1 aliphatic rings. The Morgan fingerprint density at radius 3 is 2.44 bits per heavy atom. The van der Waals surface area contributed by atoms with Gasteiger partial charge in [0.25, 0.3) is 0 Å². The van der Waals surface area contributed by atoms with Crippen LogP contribution in [0.25, 0.3) is 0 Å². The Kier molecular flexibility index (Phi) is 4.88. The van der Waals surface area contributed by atoms with Crippen molar-refractivity contribution < 1.29 is 19.1 Å². The zero-order valence-electron chi connectivity index (χ0n) is 13.4. The van der Waals surface area contributed by atoms with E-state index in [2.05, 4.69) is 5.10 Å². The fraction of sp³-hybridized carbons (Fsp3) is 0.211. The van der Waals surface area contributed by atoms with Crippen molar-refractivity contribution >= 4 is 17.6 Å². The lowest BCUT2D eigenvalue weighted by Gasteiger charge is -2.21. The number of nitrogens with zero attached hydrogens (tertiary/aromatic N) is 2. The minimum absolute atomic E-state index is 0.146. The predicted molar refractivity (Wildman–Crippen MR) is 90.5 cm³/mol. The number of hydrogen-bond acceptors (Lipinski definition) is 3. The molecule has 0 aromatic heterocycles. The highest BCUT2D eigenvalue weighted by atomic mass is 19.1. The van der Waals surface area contributed by atoms with Gasteiger partial charge in [0.05, 0.1) is 18.2 Å². The molecule has 1 atom stereocenters. The van der Waals surface area contributed by atoms with E-state index in [0.29, 0.717) is 17.7 Å². The number of benzene rings is 2. The first-order valence-electron chi connectivity index (χ1n) is 7.97. The van der Waals surface area contributed by atoms with Crippen molar-refractivity contribution in [2.24, 2.45) is 5.10 Å². The fourth-order valence-corrected chi connectivity index (χ4v) is 2.86. The number of carboxylic acid groups (broad SMARTS) is 1. The lowest BCUT2D eigenvalue weighted by Crippen LogP contribution is -2.27. The minimum atomic E-state index is -1.04. The van der Waals surface area contributed by atoms with Crippen LogP contribution in [0.3, 0.4) is 0 Å². The smallest absolute Gasteiger partial charge is 0.303 e. The number of hydrogen-bond donors (Lipinski definition) is 1. The van der Waals surface area contributed by atoms with E-state index in [-0.39, 0.29) is 24.8 Å². The summed E-state index contributed by atoms with van der Waals surface area (Å²) in [6.07, 6.45) is -0.0299. The molecule has 0 unspecified atom stereocenters. The average Bonchev–Trinajstić information content (AvgIpc) is 3.06. The third-order valence-corrected chi connectivity index (χ3v) is 4.09. The molecular formula is C19H17FN2O3. The standard InChI is InChI=1S/C19H17FN2O3/c20-15-9-5-4-8-14(15)16-12-17(13-6-2-1-3-7-13)22(21-16)18(23)10-11-19(24)25/h1-9,17H,10-12H2,(H,24,25)/t17-/m1/s1. The number of hydrazone groups is 1. The SMILES string of the molecule is O=C(O)CCC(=O)N1N=C(c2ccccc2F)C[C@@H]1c1ccccc1. The van der Waals surface area contributed by atoms with Gasteiger partial charge >= 0.3 is 5.97 Å². The van der Waals surface area contributed by atoms with Gasteiger partial charge in [-0.15, -0.1) is 0 Å². The van der Waals surface area contributed by atoms with Gasteiger partial charge in [0.2, 0.25) is 5.91 Å². The molecule has 0 aliphatic carbocycles. The highest BCUT2D eigenvalue weighted by Gasteiger charge is 2.33. The quantitative estimate of drug-likeness (QED) is 0.907. The first-order chi connectivity index (χ1) is 12.1. The third-order valence-electron chi connectivity index (χ3n) is 4.09. The number of amides is 1. The molecular weight excluding hydrogens is 323 g/mol. The number of carbonyl (C=O) groups is 2. The second-order valence-corrected chi connectivity index (χ2v) is 5.79. The van der Waals surface area contributed by atoms with Crippen LogP contribution in [0.1, 0.15) is 36.4 Å². The molecule has 3 rings (SSSR count). The number of carboxylic acids is 1. The van der Waals surface area contributed by atoms with Crippen molar-refractivity contribution in [2.45, 2.75) is 25.3 Å². The van der Waals surface area contributed by atoms with E-state index in [1.54, 1.807) is 18.2 Å². The van der Waals surface area contributed by atoms with Gasteiger partial charge in [0, 0.05) is 18.4 Å². The molecule has 5 nitrogen and oxygen atoms in total. The summed E-state index contributed by atoms with van der Waals surface area (Å²) in [5.41, 5.74) is 1.72. The largest absolute Gasteiger partial charge is 0.481 e. The van der Waals surface area contributed by atoms with Crippen molar-refractivity contribution in [3.8, 4) is 0 Å². The van der Waals surface area contributed by atoms with Gasteiger partial charge in [0.15, 0.2) is 0 Å². The maximum atomic E-state index is 14.1. The van der Waals surface area contributed by atoms with Crippen LogP contribution < -0.4 is 0 Å². The van der Waals surface area contributed by atoms with Crippen molar-refractivity contribution in [1.29, 1.82) is 0 Å². The molecule has 0 bridgehead atoms. The van der Waals surface area contributed by atoms with E-state index in [0.717, 1.165) is 5.56 Å². The second kappa shape index (κ2) is 7.25. The molecule has 0 saturated heterocycles. The molecule has 0 spiro atoms. The zero-order valence-corrected chi connectivity index (χ0v) is 13.4. The molecule has 0 saturated carbocycles. The van der Waals surface area contributed by atoms with Crippen molar-refractivity contribution in [3.05, 3.63) is 71.5 Å². The molecule has 0 fully saturated rings. The van der Waals surface area contributed by atoms with E-state index >= 15 is 0 Å². The number of aliphatic carboxylic acids is 1. The van der Waals surface area contributed by atoms with Crippen LogP contribution in [-0.2, 0) is 9.59 Å². The summed E-state index contributed by atoms with van der Waals surface area (Å²) in [5.74, 6) is -1.82. The van der Waals surface area contributed by atoms with E-state index in [1.165, 1.54) is 11.1 Å². The normalized spacial score (nSPS) is 16.6.